The summed E-state index contributed by atoms with van der Waals surface area (Å²) in [6.07, 6.45) is 10.4. The van der Waals surface area contributed by atoms with Crippen molar-refractivity contribution in [3.8, 4) is 0 Å². The van der Waals surface area contributed by atoms with Crippen LogP contribution in [-0.4, -0.2) is 19.9 Å². The molecule has 4 nitrogen and oxygen atoms in total. The van der Waals surface area contributed by atoms with Gasteiger partial charge in [0.2, 0.25) is 0 Å². The maximum Gasteiger partial charge on any atom is 0.0648 e. The number of H-pyrrole nitrogens is 2. The quantitative estimate of drug-likeness (QED) is 0.383. The fourth-order valence-electron chi connectivity index (χ4n) is 2.56. The van der Waals surface area contributed by atoms with Crippen LogP contribution in [-0.2, 0) is 0 Å². The second kappa shape index (κ2) is 28.1. The Bertz CT molecular complexity index is 1160. The zero-order valence-corrected chi connectivity index (χ0v) is 29.4. The summed E-state index contributed by atoms with van der Waals surface area (Å²) in [5.74, 6) is 0. The van der Waals surface area contributed by atoms with Crippen LogP contribution in [0.15, 0.2) is 44.0 Å². The lowest BCUT2D eigenvalue weighted by molar-refractivity contribution is 0.469. The molecule has 0 bridgehead atoms. The van der Waals surface area contributed by atoms with Gasteiger partial charge < -0.3 is 9.97 Å². The first-order valence-corrected chi connectivity index (χ1v) is 14.9. The van der Waals surface area contributed by atoms with E-state index in [2.05, 4.69) is 81.2 Å². The minimum atomic E-state index is 0.500. The van der Waals surface area contributed by atoms with Crippen molar-refractivity contribution in [2.24, 2.45) is 5.41 Å². The van der Waals surface area contributed by atoms with Gasteiger partial charge in [-0.05, 0) is 82.5 Å². The number of hydrogen-bond donors (Lipinski definition) is 2. The maximum absolute atomic E-state index is 4.65. The second-order valence-electron chi connectivity index (χ2n) is 10.1. The van der Waals surface area contributed by atoms with Crippen molar-refractivity contribution in [2.75, 3.05) is 0 Å². The summed E-state index contributed by atoms with van der Waals surface area (Å²) in [5, 5.41) is 1.88. The zero-order valence-electron chi connectivity index (χ0n) is 29.4. The highest BCUT2D eigenvalue weighted by atomic mass is 14.7. The van der Waals surface area contributed by atoms with Gasteiger partial charge in [-0.3, -0.25) is 9.97 Å². The van der Waals surface area contributed by atoms with Gasteiger partial charge in [-0.1, -0.05) is 108 Å². The molecule has 0 saturated heterocycles. The summed E-state index contributed by atoms with van der Waals surface area (Å²) in [7, 11) is 0. The van der Waals surface area contributed by atoms with E-state index in [4.69, 9.17) is 0 Å². The molecule has 0 unspecified atom stereocenters. The molecule has 1 rings (SSSR count). The number of aromatic amines is 2. The van der Waals surface area contributed by atoms with E-state index in [1.54, 1.807) is 18.2 Å². The molecule has 0 atom stereocenters. The van der Waals surface area contributed by atoms with E-state index in [-0.39, 0.29) is 0 Å². The molecule has 0 radical (unpaired) electrons. The Hall–Kier alpha value is -3.40. The zero-order chi connectivity index (χ0) is 33.0. The highest BCUT2D eigenvalue weighted by Gasteiger charge is 1.95. The van der Waals surface area contributed by atoms with Crippen LogP contribution < -0.4 is 10.7 Å². The van der Waals surface area contributed by atoms with Crippen molar-refractivity contribution in [3.05, 3.63) is 88.9 Å². The van der Waals surface area contributed by atoms with Gasteiger partial charge >= 0.3 is 0 Å². The van der Waals surface area contributed by atoms with Gasteiger partial charge in [0.05, 0.1) is 11.4 Å². The van der Waals surface area contributed by atoms with Gasteiger partial charge in [-0.25, -0.2) is 0 Å². The molecule has 1 aromatic rings. The first kappa shape index (κ1) is 44.6. The molecule has 0 fully saturated rings. The molecule has 0 aromatic carbocycles. The van der Waals surface area contributed by atoms with Gasteiger partial charge in [0, 0.05) is 33.5 Å². The number of rotatable bonds is 3. The van der Waals surface area contributed by atoms with Crippen molar-refractivity contribution in [3.63, 3.8) is 0 Å². The third kappa shape index (κ3) is 29.4. The maximum atomic E-state index is 4.65. The van der Waals surface area contributed by atoms with E-state index in [9.17, 15) is 0 Å². The van der Waals surface area contributed by atoms with Crippen LogP contribution in [0.1, 0.15) is 124 Å². The van der Waals surface area contributed by atoms with Gasteiger partial charge in [-0.2, -0.15) is 0 Å². The van der Waals surface area contributed by atoms with Crippen LogP contribution in [0, 0.1) is 26.2 Å². The number of nitrogens with zero attached hydrogens (tertiary/aromatic N) is 2. The average molecular weight is 565 g/mol. The van der Waals surface area contributed by atoms with Crippen molar-refractivity contribution in [2.45, 2.75) is 110 Å². The van der Waals surface area contributed by atoms with Crippen molar-refractivity contribution in [1.82, 2.24) is 19.9 Å². The predicted molar refractivity (Wildman–Crippen MR) is 191 cm³/mol. The van der Waals surface area contributed by atoms with Crippen LogP contribution in [0.5, 0.6) is 0 Å². The molecule has 2 N–H and O–H groups in total. The van der Waals surface area contributed by atoms with E-state index in [0.717, 1.165) is 33.5 Å². The summed E-state index contributed by atoms with van der Waals surface area (Å²) in [6.45, 7) is 42.5. The van der Waals surface area contributed by atoms with Gasteiger partial charge in [0.25, 0.3) is 0 Å². The van der Waals surface area contributed by atoms with Crippen molar-refractivity contribution >= 4 is 30.4 Å². The summed E-state index contributed by atoms with van der Waals surface area (Å²) in [4.78, 5) is 16.1. The molecule has 0 saturated carbocycles. The molecular weight excluding hydrogens is 500 g/mol. The second-order valence-corrected chi connectivity index (χ2v) is 10.1. The minimum Gasteiger partial charge on any atom is -0.359 e. The van der Waals surface area contributed by atoms with Gasteiger partial charge in [-0.15, -0.1) is 0 Å². The molecule has 41 heavy (non-hydrogen) atoms. The Kier molecular flexibility index (Phi) is 30.6. The summed E-state index contributed by atoms with van der Waals surface area (Å²) in [6, 6.07) is 7.81. The van der Waals surface area contributed by atoms with Crippen LogP contribution >= 0.6 is 0 Å². The monoisotopic (exact) mass is 565 g/mol. The van der Waals surface area contributed by atoms with Crippen LogP contribution in [0.4, 0.5) is 0 Å². The highest BCUT2D eigenvalue weighted by Crippen LogP contribution is 2.08. The summed E-state index contributed by atoms with van der Waals surface area (Å²) >= 11 is 0. The van der Waals surface area contributed by atoms with Crippen molar-refractivity contribution < 1.29 is 0 Å². The lowest BCUT2D eigenvalue weighted by atomic mass is 10.0. The third-order valence-corrected chi connectivity index (χ3v) is 3.90. The molecule has 4 heteroatoms. The average Bonchev–Trinajstić information content (AvgIpc) is 2.91. The molecule has 0 aliphatic carbocycles. The lowest BCUT2D eigenvalue weighted by Gasteiger charge is -2.05. The predicted octanol–water partition coefficient (Wildman–Crippen LogP) is 10.5. The van der Waals surface area contributed by atoms with E-state index in [1.165, 1.54) is 6.42 Å². The number of nitrogens with one attached hydrogen (secondary N) is 2. The first-order valence-electron chi connectivity index (χ1n) is 14.9. The number of aromatic nitrogens is 4. The molecule has 0 amide bonds. The molecule has 0 aliphatic heterocycles. The van der Waals surface area contributed by atoms with E-state index in [1.807, 2.05) is 98.7 Å². The van der Waals surface area contributed by atoms with Gasteiger partial charge in [0.15, 0.2) is 0 Å². The number of hydrogen-bond acceptors (Lipinski definition) is 2. The van der Waals surface area contributed by atoms with Crippen LogP contribution in [0.2, 0.25) is 0 Å². The van der Waals surface area contributed by atoms with E-state index in [0.29, 0.717) is 16.8 Å². The Labute approximate surface area is 254 Å². The molecular formula is C37H64N4. The molecule has 0 aliphatic rings. The first-order chi connectivity index (χ1) is 19.3. The Morgan fingerprint density at radius 3 is 1.37 bits per heavy atom. The molecule has 1 aromatic heterocycles. The fraction of sp³-hybridized carbons (Fsp3) is 0.459. The molecule has 232 valence electrons. The molecule has 1 heterocycles. The smallest absolute Gasteiger partial charge is 0.0648 e. The van der Waals surface area contributed by atoms with E-state index >= 15 is 0 Å². The fourth-order valence-corrected chi connectivity index (χ4v) is 2.56. The van der Waals surface area contributed by atoms with E-state index < -0.39 is 0 Å². The van der Waals surface area contributed by atoms with Gasteiger partial charge in [0.1, 0.15) is 0 Å². The Morgan fingerprint density at radius 1 is 0.659 bits per heavy atom. The Balaban J connectivity index is -0.000000487. The normalized spacial score (nSPS) is 10.0. The SMILES string of the molecule is C=Cc1cc(C=C)nc(C)c/c(=C/C)[nH]/c(=C\C)cc(C=C)[nH]c(C)cc(C)n1.CC.CC.CC(C)(C)C.CCC. The molecule has 0 spiro atoms. The lowest BCUT2D eigenvalue weighted by Crippen LogP contribution is -2.16. The summed E-state index contributed by atoms with van der Waals surface area (Å²) in [5.41, 5.74) is 5.43. The third-order valence-electron chi connectivity index (χ3n) is 3.90. The largest absolute Gasteiger partial charge is 0.359 e. The van der Waals surface area contributed by atoms with Crippen molar-refractivity contribution in [1.29, 1.82) is 0 Å². The summed E-state index contributed by atoms with van der Waals surface area (Å²) < 4.78 is 0. The minimum absolute atomic E-state index is 0.500. The standard InChI is InChI=1S/C25H32N4.C5H12.C3H8.2C2H6/c1-9-21-15-20(8)28-23(11-3)16-22(10-2)26-18(6)14-19(7)27-24(12-4)17-25(13-5)29-21;1-5(2,3)4;1-3-2;2*1-2/h9-17,27,29H,2-4H2,1,5-8H3;1-4H3;3H2,1-2H3;2*1-2H3/b19-14?,20-15?,21-9-,22-16?,24-17?,25-13-,26-18?,28-23?;;;;. The Morgan fingerprint density at radius 2 is 1.02 bits per heavy atom. The highest BCUT2D eigenvalue weighted by molar-refractivity contribution is 5.48. The number of aryl methyl sites for hydroxylation is 3. The topological polar surface area (TPSA) is 57.4 Å². The van der Waals surface area contributed by atoms with Crippen LogP contribution in [0.25, 0.3) is 30.4 Å². The van der Waals surface area contributed by atoms with Crippen LogP contribution in [0.3, 0.4) is 0 Å².